The van der Waals surface area contributed by atoms with Crippen molar-refractivity contribution in [3.05, 3.63) is 176 Å². The molecule has 0 N–H and O–H groups in total. The zero-order chi connectivity index (χ0) is 30.9. The van der Waals surface area contributed by atoms with Crippen LogP contribution in [-0.2, 0) is 0 Å². The molecule has 1 heteroatoms. The first-order valence-corrected chi connectivity index (χ1v) is 16.3. The number of nitrogens with zero attached hydrogens (tertiary/aromatic N) is 1. The molecule has 0 aliphatic carbocycles. The third kappa shape index (κ3) is 3.97. The van der Waals surface area contributed by atoms with Gasteiger partial charge in [0.15, 0.2) is 0 Å². The molecule has 0 saturated carbocycles. The van der Waals surface area contributed by atoms with Gasteiger partial charge >= 0.3 is 0 Å². The van der Waals surface area contributed by atoms with Crippen molar-refractivity contribution >= 4 is 64.9 Å². The minimum Gasteiger partial charge on any atom is -0.309 e. The molecule has 0 unspecified atom stereocenters. The molecular weight excluding hydrogens is 567 g/mol. The smallest absolute Gasteiger partial charge is 0.0547 e. The maximum atomic E-state index is 2.42. The molecule has 10 aromatic rings. The quantitative estimate of drug-likeness (QED) is 0.141. The number of para-hydroxylation sites is 2. The van der Waals surface area contributed by atoms with Gasteiger partial charge in [-0.25, -0.2) is 0 Å². The SMILES string of the molecule is c1ccc(-n2c3ccccc3c3ccc(-c4ccc(-c5cccc6cc7c8ccccc8c8ccccc8c7cc56)cc4)cc32)cc1. The molecule has 0 bridgehead atoms. The lowest BCUT2D eigenvalue weighted by atomic mass is 9.90. The highest BCUT2D eigenvalue weighted by Crippen LogP contribution is 2.40. The average Bonchev–Trinajstić information content (AvgIpc) is 3.48. The number of benzene rings is 9. The summed E-state index contributed by atoms with van der Waals surface area (Å²) in [6.07, 6.45) is 0. The Kier molecular flexibility index (Phi) is 5.64. The van der Waals surface area contributed by atoms with Crippen molar-refractivity contribution in [1.29, 1.82) is 0 Å². The lowest BCUT2D eigenvalue weighted by Crippen LogP contribution is -1.93. The summed E-state index contributed by atoms with van der Waals surface area (Å²) in [4.78, 5) is 0. The summed E-state index contributed by atoms with van der Waals surface area (Å²) in [5, 5.41) is 12.9. The van der Waals surface area contributed by atoms with E-state index in [1.165, 1.54) is 92.8 Å². The van der Waals surface area contributed by atoms with E-state index in [0.717, 1.165) is 0 Å². The molecule has 0 amide bonds. The van der Waals surface area contributed by atoms with E-state index in [4.69, 9.17) is 0 Å². The summed E-state index contributed by atoms with van der Waals surface area (Å²) < 4.78 is 2.38. The van der Waals surface area contributed by atoms with Gasteiger partial charge in [-0.1, -0.05) is 140 Å². The summed E-state index contributed by atoms with van der Waals surface area (Å²) in [6, 6.07) is 64.5. The maximum Gasteiger partial charge on any atom is 0.0547 e. The lowest BCUT2D eigenvalue weighted by Gasteiger charge is -2.14. The van der Waals surface area contributed by atoms with Gasteiger partial charge in [0.2, 0.25) is 0 Å². The summed E-state index contributed by atoms with van der Waals surface area (Å²) in [6.45, 7) is 0. The Morgan fingerprint density at radius 1 is 0.277 bits per heavy atom. The molecule has 47 heavy (non-hydrogen) atoms. The van der Waals surface area contributed by atoms with E-state index in [2.05, 4.69) is 180 Å². The monoisotopic (exact) mass is 595 g/mol. The van der Waals surface area contributed by atoms with Crippen LogP contribution in [-0.4, -0.2) is 4.57 Å². The molecule has 0 atom stereocenters. The van der Waals surface area contributed by atoms with Crippen LogP contribution < -0.4 is 0 Å². The highest BCUT2D eigenvalue weighted by atomic mass is 15.0. The zero-order valence-corrected chi connectivity index (χ0v) is 25.7. The van der Waals surface area contributed by atoms with E-state index in [1.807, 2.05) is 0 Å². The third-order valence-corrected chi connectivity index (χ3v) is 9.96. The Morgan fingerprint density at radius 2 is 0.830 bits per heavy atom. The van der Waals surface area contributed by atoms with Crippen LogP contribution in [0.3, 0.4) is 0 Å². The molecule has 218 valence electrons. The topological polar surface area (TPSA) is 4.93 Å². The highest BCUT2D eigenvalue weighted by molar-refractivity contribution is 6.27. The number of aromatic nitrogens is 1. The second-order valence-electron chi connectivity index (χ2n) is 12.5. The number of fused-ring (bicyclic) bond motifs is 10. The van der Waals surface area contributed by atoms with E-state index in [1.54, 1.807) is 0 Å². The van der Waals surface area contributed by atoms with Crippen LogP contribution in [0.15, 0.2) is 176 Å². The normalized spacial score (nSPS) is 11.8. The van der Waals surface area contributed by atoms with Gasteiger partial charge in [0.05, 0.1) is 11.0 Å². The molecule has 1 heterocycles. The fourth-order valence-corrected chi connectivity index (χ4v) is 7.78. The Hall–Kier alpha value is -6.18. The van der Waals surface area contributed by atoms with Gasteiger partial charge in [-0.2, -0.15) is 0 Å². The van der Waals surface area contributed by atoms with Crippen molar-refractivity contribution < 1.29 is 0 Å². The first kappa shape index (κ1) is 26.1. The third-order valence-electron chi connectivity index (χ3n) is 9.96. The van der Waals surface area contributed by atoms with Crippen molar-refractivity contribution in [3.63, 3.8) is 0 Å². The molecule has 10 rings (SSSR count). The molecule has 1 aromatic heterocycles. The predicted molar refractivity (Wildman–Crippen MR) is 202 cm³/mol. The van der Waals surface area contributed by atoms with Crippen molar-refractivity contribution in [3.8, 4) is 27.9 Å². The first-order valence-electron chi connectivity index (χ1n) is 16.3. The van der Waals surface area contributed by atoms with Gasteiger partial charge < -0.3 is 4.57 Å². The average molecular weight is 596 g/mol. The predicted octanol–water partition coefficient (Wildman–Crippen LogP) is 12.7. The first-order chi connectivity index (χ1) is 23.3. The molecule has 0 fully saturated rings. The van der Waals surface area contributed by atoms with E-state index in [9.17, 15) is 0 Å². The van der Waals surface area contributed by atoms with Crippen molar-refractivity contribution in [2.45, 2.75) is 0 Å². The van der Waals surface area contributed by atoms with Crippen LogP contribution in [0.2, 0.25) is 0 Å². The fourth-order valence-electron chi connectivity index (χ4n) is 7.78. The van der Waals surface area contributed by atoms with Crippen LogP contribution in [0, 0.1) is 0 Å². The zero-order valence-electron chi connectivity index (χ0n) is 25.7. The van der Waals surface area contributed by atoms with Gasteiger partial charge in [-0.3, -0.25) is 0 Å². The largest absolute Gasteiger partial charge is 0.309 e. The summed E-state index contributed by atoms with van der Waals surface area (Å²) in [5.41, 5.74) is 8.53. The van der Waals surface area contributed by atoms with Crippen LogP contribution in [0.4, 0.5) is 0 Å². The molecule has 1 nitrogen and oxygen atoms in total. The van der Waals surface area contributed by atoms with E-state index >= 15 is 0 Å². The van der Waals surface area contributed by atoms with Crippen molar-refractivity contribution in [1.82, 2.24) is 4.57 Å². The van der Waals surface area contributed by atoms with Crippen LogP contribution >= 0.6 is 0 Å². The lowest BCUT2D eigenvalue weighted by molar-refractivity contribution is 1.18. The second-order valence-corrected chi connectivity index (χ2v) is 12.5. The Bertz CT molecular complexity index is 2820. The number of rotatable bonds is 3. The van der Waals surface area contributed by atoms with Gasteiger partial charge in [-0.15, -0.1) is 0 Å². The van der Waals surface area contributed by atoms with Crippen LogP contribution in [0.5, 0.6) is 0 Å². The van der Waals surface area contributed by atoms with Crippen molar-refractivity contribution in [2.75, 3.05) is 0 Å². The van der Waals surface area contributed by atoms with Gasteiger partial charge in [-0.05, 0) is 102 Å². The number of hydrogen-bond donors (Lipinski definition) is 0. The standard InChI is InChI=1S/C46H29N/c1-2-12-34(13-3-1)47-45-20-9-8-18-40(45)41-26-25-32(28-46(41)47)30-21-23-31(24-22-30)35-19-10-11-33-27-43-38-16-6-4-14-36(38)37-15-5-7-17-39(37)44(43)29-42(33)35/h1-29H. The minimum absolute atomic E-state index is 1.18. The van der Waals surface area contributed by atoms with Crippen LogP contribution in [0.25, 0.3) is 92.8 Å². The van der Waals surface area contributed by atoms with Gasteiger partial charge in [0.1, 0.15) is 0 Å². The molecule has 0 spiro atoms. The summed E-state index contributed by atoms with van der Waals surface area (Å²) >= 11 is 0. The second kappa shape index (κ2) is 10.2. The highest BCUT2D eigenvalue weighted by Gasteiger charge is 2.14. The molecule has 0 saturated heterocycles. The molecule has 9 aromatic carbocycles. The van der Waals surface area contributed by atoms with Gasteiger partial charge in [0, 0.05) is 16.5 Å². The maximum absolute atomic E-state index is 2.42. The summed E-state index contributed by atoms with van der Waals surface area (Å²) in [5.74, 6) is 0. The Labute approximate surface area is 272 Å². The summed E-state index contributed by atoms with van der Waals surface area (Å²) in [7, 11) is 0. The minimum atomic E-state index is 1.18. The van der Waals surface area contributed by atoms with Crippen LogP contribution in [0.1, 0.15) is 0 Å². The van der Waals surface area contributed by atoms with E-state index < -0.39 is 0 Å². The number of hydrogen-bond acceptors (Lipinski definition) is 0. The Balaban J connectivity index is 1.12. The molecule has 0 aliphatic heterocycles. The molecule has 0 radical (unpaired) electrons. The molecule has 0 aliphatic rings. The fraction of sp³-hybridized carbons (Fsp3) is 0. The van der Waals surface area contributed by atoms with Gasteiger partial charge in [0.25, 0.3) is 0 Å². The van der Waals surface area contributed by atoms with Crippen molar-refractivity contribution in [2.24, 2.45) is 0 Å². The molecular formula is C46H29N. The van der Waals surface area contributed by atoms with E-state index in [-0.39, 0.29) is 0 Å². The Morgan fingerprint density at radius 3 is 1.55 bits per heavy atom. The van der Waals surface area contributed by atoms with E-state index in [0.29, 0.717) is 0 Å².